The van der Waals surface area contributed by atoms with E-state index in [2.05, 4.69) is 15.3 Å². The molecule has 1 aliphatic rings. The summed E-state index contributed by atoms with van der Waals surface area (Å²) >= 11 is 0. The Morgan fingerprint density at radius 2 is 1.89 bits per heavy atom. The van der Waals surface area contributed by atoms with Gasteiger partial charge in [0.15, 0.2) is 0 Å². The number of nitrogens with one attached hydrogen (secondary N) is 1. The monoisotopic (exact) mass is 368 g/mol. The standard InChI is InChI=1S/C20H21FN4O2/c21-19-6-5-18(16-3-1-2-4-17(16)19)20(26)23-15-13-22-25(14-15)8-7-24-9-11-27-12-10-24/h1-6,13-14H,7-12H2,(H,23,26). The number of morpholine rings is 1. The molecule has 0 unspecified atom stereocenters. The molecule has 27 heavy (non-hydrogen) atoms. The van der Waals surface area contributed by atoms with Gasteiger partial charge in [-0.15, -0.1) is 0 Å². The molecule has 3 aromatic rings. The van der Waals surface area contributed by atoms with Crippen LogP contribution in [0.25, 0.3) is 10.8 Å². The summed E-state index contributed by atoms with van der Waals surface area (Å²) in [5.41, 5.74) is 1.06. The smallest absolute Gasteiger partial charge is 0.256 e. The number of hydrogen-bond donors (Lipinski definition) is 1. The summed E-state index contributed by atoms with van der Waals surface area (Å²) < 4.78 is 21.1. The minimum Gasteiger partial charge on any atom is -0.379 e. The molecule has 7 heteroatoms. The van der Waals surface area contributed by atoms with E-state index in [9.17, 15) is 9.18 Å². The molecule has 140 valence electrons. The molecule has 1 saturated heterocycles. The molecular formula is C20H21FN4O2. The predicted octanol–water partition coefficient (Wildman–Crippen LogP) is 2.76. The van der Waals surface area contributed by atoms with Crippen LogP contribution in [0.3, 0.4) is 0 Å². The lowest BCUT2D eigenvalue weighted by Crippen LogP contribution is -2.38. The first-order valence-corrected chi connectivity index (χ1v) is 9.02. The van der Waals surface area contributed by atoms with Gasteiger partial charge >= 0.3 is 0 Å². The largest absolute Gasteiger partial charge is 0.379 e. The second-order valence-corrected chi connectivity index (χ2v) is 6.54. The van der Waals surface area contributed by atoms with Gasteiger partial charge in [-0.05, 0) is 17.5 Å². The van der Waals surface area contributed by atoms with Crippen molar-refractivity contribution in [3.63, 3.8) is 0 Å². The van der Waals surface area contributed by atoms with Crippen LogP contribution in [0.2, 0.25) is 0 Å². The molecule has 2 aromatic carbocycles. The lowest BCUT2D eigenvalue weighted by atomic mass is 10.0. The summed E-state index contributed by atoms with van der Waals surface area (Å²) in [7, 11) is 0. The number of nitrogens with zero attached hydrogens (tertiary/aromatic N) is 3. The Bertz CT molecular complexity index is 950. The molecule has 1 aromatic heterocycles. The molecule has 0 spiro atoms. The highest BCUT2D eigenvalue weighted by atomic mass is 19.1. The first-order valence-electron chi connectivity index (χ1n) is 9.02. The molecule has 4 rings (SSSR count). The van der Waals surface area contributed by atoms with E-state index in [0.717, 1.165) is 39.4 Å². The molecule has 0 radical (unpaired) electrons. The van der Waals surface area contributed by atoms with Gasteiger partial charge in [0, 0.05) is 36.8 Å². The third-order valence-corrected chi connectivity index (χ3v) is 4.76. The van der Waals surface area contributed by atoms with Crippen LogP contribution >= 0.6 is 0 Å². The molecule has 1 fully saturated rings. The Balaban J connectivity index is 1.43. The Morgan fingerprint density at radius 3 is 2.70 bits per heavy atom. The van der Waals surface area contributed by atoms with Crippen molar-refractivity contribution in [3.05, 3.63) is 60.2 Å². The van der Waals surface area contributed by atoms with Crippen molar-refractivity contribution in [1.29, 1.82) is 0 Å². The highest BCUT2D eigenvalue weighted by Gasteiger charge is 2.14. The van der Waals surface area contributed by atoms with Gasteiger partial charge in [0.25, 0.3) is 5.91 Å². The fourth-order valence-electron chi connectivity index (χ4n) is 3.28. The van der Waals surface area contributed by atoms with Crippen molar-refractivity contribution in [2.45, 2.75) is 6.54 Å². The molecule has 0 atom stereocenters. The van der Waals surface area contributed by atoms with Gasteiger partial charge in [0.05, 0.1) is 31.6 Å². The molecule has 0 bridgehead atoms. The first kappa shape index (κ1) is 17.6. The predicted molar refractivity (Wildman–Crippen MR) is 101 cm³/mol. The van der Waals surface area contributed by atoms with Crippen molar-refractivity contribution in [2.24, 2.45) is 0 Å². The number of carbonyl (C=O) groups is 1. The van der Waals surface area contributed by atoms with E-state index in [4.69, 9.17) is 4.74 Å². The number of hydrogen-bond acceptors (Lipinski definition) is 4. The zero-order valence-corrected chi connectivity index (χ0v) is 14.9. The summed E-state index contributed by atoms with van der Waals surface area (Å²) in [5, 5.41) is 8.19. The second kappa shape index (κ2) is 7.85. The van der Waals surface area contributed by atoms with E-state index < -0.39 is 0 Å². The maximum absolute atomic E-state index is 13.9. The van der Waals surface area contributed by atoms with Crippen molar-refractivity contribution in [1.82, 2.24) is 14.7 Å². The molecule has 2 heterocycles. The molecule has 6 nitrogen and oxygen atoms in total. The molecule has 1 N–H and O–H groups in total. The fraction of sp³-hybridized carbons (Fsp3) is 0.300. The number of amides is 1. The van der Waals surface area contributed by atoms with Crippen LogP contribution in [0.4, 0.5) is 10.1 Å². The average molecular weight is 368 g/mol. The van der Waals surface area contributed by atoms with Gasteiger partial charge in [0.1, 0.15) is 5.82 Å². The number of aromatic nitrogens is 2. The minimum atomic E-state index is -0.335. The Morgan fingerprint density at radius 1 is 1.11 bits per heavy atom. The van der Waals surface area contributed by atoms with E-state index in [1.54, 1.807) is 30.5 Å². The van der Waals surface area contributed by atoms with Gasteiger partial charge in [-0.2, -0.15) is 5.10 Å². The van der Waals surface area contributed by atoms with Crippen LogP contribution in [-0.2, 0) is 11.3 Å². The average Bonchev–Trinajstić information content (AvgIpc) is 3.15. The van der Waals surface area contributed by atoms with Gasteiger partial charge in [-0.1, -0.05) is 24.3 Å². The number of halogens is 1. The molecule has 1 aliphatic heterocycles. The lowest BCUT2D eigenvalue weighted by Gasteiger charge is -2.26. The number of fused-ring (bicyclic) bond motifs is 1. The summed E-state index contributed by atoms with van der Waals surface area (Å²) in [4.78, 5) is 15.0. The van der Waals surface area contributed by atoms with E-state index in [-0.39, 0.29) is 11.7 Å². The fourth-order valence-corrected chi connectivity index (χ4v) is 3.28. The van der Waals surface area contributed by atoms with E-state index in [1.165, 1.54) is 12.1 Å². The summed E-state index contributed by atoms with van der Waals surface area (Å²) in [5.74, 6) is -0.614. The number of rotatable bonds is 5. The molecule has 0 aliphatic carbocycles. The van der Waals surface area contributed by atoms with Crippen molar-refractivity contribution < 1.29 is 13.9 Å². The maximum atomic E-state index is 13.9. The number of carbonyl (C=O) groups excluding carboxylic acids is 1. The van der Waals surface area contributed by atoms with Crippen LogP contribution in [0.1, 0.15) is 10.4 Å². The third kappa shape index (κ3) is 3.99. The van der Waals surface area contributed by atoms with Gasteiger partial charge < -0.3 is 10.1 Å². The molecule has 0 saturated carbocycles. The van der Waals surface area contributed by atoms with E-state index in [1.807, 2.05) is 10.9 Å². The Hall–Kier alpha value is -2.77. The first-order chi connectivity index (χ1) is 13.2. The highest BCUT2D eigenvalue weighted by molar-refractivity contribution is 6.12. The van der Waals surface area contributed by atoms with Gasteiger partial charge in [0.2, 0.25) is 0 Å². The quantitative estimate of drug-likeness (QED) is 0.752. The third-order valence-electron chi connectivity index (χ3n) is 4.76. The van der Waals surface area contributed by atoms with Gasteiger partial charge in [-0.25, -0.2) is 4.39 Å². The van der Waals surface area contributed by atoms with Crippen LogP contribution < -0.4 is 5.32 Å². The van der Waals surface area contributed by atoms with Crippen LogP contribution in [0, 0.1) is 5.82 Å². The van der Waals surface area contributed by atoms with E-state index in [0.29, 0.717) is 22.0 Å². The molecular weight excluding hydrogens is 347 g/mol. The zero-order chi connectivity index (χ0) is 18.6. The Labute approximate surface area is 156 Å². The maximum Gasteiger partial charge on any atom is 0.256 e. The SMILES string of the molecule is O=C(Nc1cnn(CCN2CCOCC2)c1)c1ccc(F)c2ccccc12. The van der Waals surface area contributed by atoms with Crippen molar-refractivity contribution >= 4 is 22.4 Å². The van der Waals surface area contributed by atoms with Crippen LogP contribution in [0.15, 0.2) is 48.8 Å². The number of ether oxygens (including phenoxy) is 1. The van der Waals surface area contributed by atoms with Crippen LogP contribution in [0.5, 0.6) is 0 Å². The number of anilines is 1. The van der Waals surface area contributed by atoms with Gasteiger partial charge in [-0.3, -0.25) is 14.4 Å². The summed E-state index contributed by atoms with van der Waals surface area (Å²) in [6.07, 6.45) is 3.44. The second-order valence-electron chi connectivity index (χ2n) is 6.54. The van der Waals surface area contributed by atoms with Crippen molar-refractivity contribution in [3.8, 4) is 0 Å². The summed E-state index contributed by atoms with van der Waals surface area (Å²) in [6.45, 7) is 5.04. The topological polar surface area (TPSA) is 59.4 Å². The normalized spacial score (nSPS) is 15.1. The lowest BCUT2D eigenvalue weighted by molar-refractivity contribution is 0.0360. The highest BCUT2D eigenvalue weighted by Crippen LogP contribution is 2.22. The van der Waals surface area contributed by atoms with Crippen molar-refractivity contribution in [2.75, 3.05) is 38.2 Å². The molecule has 1 amide bonds. The van der Waals surface area contributed by atoms with E-state index >= 15 is 0 Å². The Kier molecular flexibility index (Phi) is 5.13. The summed E-state index contributed by atoms with van der Waals surface area (Å²) in [6, 6.07) is 9.80. The number of benzene rings is 2. The van der Waals surface area contributed by atoms with Crippen LogP contribution in [-0.4, -0.2) is 53.4 Å². The minimum absolute atomic E-state index is 0.279. The zero-order valence-electron chi connectivity index (χ0n) is 14.9.